The highest BCUT2D eigenvalue weighted by molar-refractivity contribution is 5.95. The standard InChI is InChI=1S/C20H25N7O2.C3H4.C2H6/c1-13-17-18(23-19(26(17)4)27-11-9-21-10-12-27)24-20(25(13)3)29-16-8-6-5-7-15(16)22-14(2)28;1-3-2;1-2/h5-8,21H,1,9-12H2,2-4H3,(H,22,28);1H,2H3;1-2H3. The number of carbonyl (C=O) groups excluding carboxylic acids is 1. The molecule has 2 aliphatic heterocycles. The van der Waals surface area contributed by atoms with Gasteiger partial charge in [0.05, 0.1) is 11.4 Å². The van der Waals surface area contributed by atoms with Crippen LogP contribution in [0.5, 0.6) is 5.75 Å². The van der Waals surface area contributed by atoms with Gasteiger partial charge in [-0.3, -0.25) is 9.69 Å². The first-order chi connectivity index (χ1) is 16.4. The van der Waals surface area contributed by atoms with Crippen molar-refractivity contribution in [2.45, 2.75) is 27.7 Å². The summed E-state index contributed by atoms with van der Waals surface area (Å²) in [6.07, 6.45) is 4.60. The van der Waals surface area contributed by atoms with Gasteiger partial charge in [-0.15, -0.1) is 12.3 Å². The first-order valence-electron chi connectivity index (χ1n) is 11.3. The van der Waals surface area contributed by atoms with Crippen LogP contribution in [0.1, 0.15) is 33.4 Å². The maximum absolute atomic E-state index is 11.5. The van der Waals surface area contributed by atoms with Crippen LogP contribution in [0.2, 0.25) is 0 Å². The number of benzene rings is 1. The Morgan fingerprint density at radius 3 is 2.47 bits per heavy atom. The van der Waals surface area contributed by atoms with Gasteiger partial charge in [-0.2, -0.15) is 9.98 Å². The van der Waals surface area contributed by atoms with E-state index in [0.29, 0.717) is 23.3 Å². The van der Waals surface area contributed by atoms with Crippen molar-refractivity contribution < 1.29 is 9.53 Å². The van der Waals surface area contributed by atoms with Crippen molar-refractivity contribution in [3.63, 3.8) is 0 Å². The second-order valence-electron chi connectivity index (χ2n) is 7.35. The summed E-state index contributed by atoms with van der Waals surface area (Å²) in [6, 6.07) is 7.59. The van der Waals surface area contributed by atoms with E-state index in [-0.39, 0.29) is 5.91 Å². The lowest BCUT2D eigenvalue weighted by Gasteiger charge is -2.29. The fraction of sp³-hybridized carbons (Fsp3) is 0.400. The van der Waals surface area contributed by atoms with E-state index in [9.17, 15) is 4.79 Å². The predicted octanol–water partition coefficient (Wildman–Crippen LogP) is 3.44. The number of fused-ring (bicyclic) bond motifs is 1. The van der Waals surface area contributed by atoms with Crippen molar-refractivity contribution in [3.05, 3.63) is 36.5 Å². The van der Waals surface area contributed by atoms with Crippen LogP contribution in [0, 0.1) is 12.3 Å². The number of carbonyl (C=O) groups is 1. The lowest BCUT2D eigenvalue weighted by molar-refractivity contribution is -0.114. The lowest BCUT2D eigenvalue weighted by atomic mass is 10.2. The molecule has 0 radical (unpaired) electrons. The van der Waals surface area contributed by atoms with Crippen LogP contribution < -0.4 is 20.3 Å². The van der Waals surface area contributed by atoms with Gasteiger partial charge in [0.2, 0.25) is 11.9 Å². The number of amides is 1. The van der Waals surface area contributed by atoms with E-state index < -0.39 is 0 Å². The Bertz CT molecular complexity index is 1080. The first-order valence-corrected chi connectivity index (χ1v) is 11.3. The van der Waals surface area contributed by atoms with Crippen LogP contribution in [0.15, 0.2) is 35.8 Å². The van der Waals surface area contributed by atoms with Crippen LogP contribution in [-0.4, -0.2) is 59.6 Å². The molecular formula is C25H35N7O2. The number of para-hydroxylation sites is 2. The molecule has 0 spiro atoms. The van der Waals surface area contributed by atoms with Crippen molar-refractivity contribution >= 4 is 35.1 Å². The summed E-state index contributed by atoms with van der Waals surface area (Å²) >= 11 is 0. The molecule has 2 aromatic rings. The third-order valence-electron chi connectivity index (χ3n) is 5.02. The Morgan fingerprint density at radius 2 is 1.85 bits per heavy atom. The number of imidazole rings is 1. The summed E-state index contributed by atoms with van der Waals surface area (Å²) in [4.78, 5) is 24.9. The van der Waals surface area contributed by atoms with Crippen LogP contribution >= 0.6 is 0 Å². The molecule has 1 fully saturated rings. The number of amidine groups is 1. The number of anilines is 2. The number of ether oxygens (including phenoxy) is 1. The highest BCUT2D eigenvalue weighted by atomic mass is 16.5. The Morgan fingerprint density at radius 1 is 1.24 bits per heavy atom. The molecule has 0 saturated carbocycles. The van der Waals surface area contributed by atoms with Crippen LogP contribution in [-0.2, 0) is 11.8 Å². The minimum atomic E-state index is -0.169. The van der Waals surface area contributed by atoms with Gasteiger partial charge in [0.25, 0.3) is 0 Å². The second-order valence-corrected chi connectivity index (χ2v) is 7.35. The molecule has 0 bridgehead atoms. The zero-order valence-electron chi connectivity index (χ0n) is 21.0. The number of rotatable bonds is 3. The van der Waals surface area contributed by atoms with E-state index in [1.165, 1.54) is 6.92 Å². The Hall–Kier alpha value is -3.77. The van der Waals surface area contributed by atoms with E-state index >= 15 is 0 Å². The van der Waals surface area contributed by atoms with Gasteiger partial charge in [0.15, 0.2) is 11.6 Å². The van der Waals surface area contributed by atoms with Gasteiger partial charge in [0.1, 0.15) is 5.69 Å². The van der Waals surface area contributed by atoms with E-state index in [1.54, 1.807) is 24.0 Å². The molecule has 4 rings (SSSR count). The molecule has 0 atom stereocenters. The Labute approximate surface area is 202 Å². The fourth-order valence-corrected chi connectivity index (χ4v) is 3.50. The SMILES string of the molecule is C#CC.C=C1c2c(nc(N3CCNCC3)n2C)N=C(Oc2ccccc2NC(C)=O)N1C.CC. The van der Waals surface area contributed by atoms with Crippen LogP contribution in [0.4, 0.5) is 17.5 Å². The third-order valence-corrected chi connectivity index (χ3v) is 5.02. The molecule has 2 aliphatic rings. The molecule has 9 nitrogen and oxygen atoms in total. The van der Waals surface area contributed by atoms with Crippen molar-refractivity contribution in [1.82, 2.24) is 19.8 Å². The van der Waals surface area contributed by atoms with Crippen LogP contribution in [0.3, 0.4) is 0 Å². The zero-order chi connectivity index (χ0) is 25.3. The molecule has 1 aromatic heterocycles. The highest BCUT2D eigenvalue weighted by Gasteiger charge is 2.30. The molecule has 1 aromatic carbocycles. The molecule has 182 valence electrons. The molecule has 0 aliphatic carbocycles. The number of terminal acetylenes is 1. The Kier molecular flexibility index (Phi) is 9.71. The summed E-state index contributed by atoms with van der Waals surface area (Å²) in [5.41, 5.74) is 2.19. The van der Waals surface area contributed by atoms with E-state index in [4.69, 9.17) is 9.72 Å². The third kappa shape index (κ3) is 5.97. The number of aliphatic imine (C=N–C) groups is 1. The van der Waals surface area contributed by atoms with Gasteiger partial charge in [0, 0.05) is 47.2 Å². The normalized spacial score (nSPS) is 14.4. The monoisotopic (exact) mass is 465 g/mol. The predicted molar refractivity (Wildman–Crippen MR) is 139 cm³/mol. The average Bonchev–Trinajstić information content (AvgIpc) is 3.16. The second kappa shape index (κ2) is 12.5. The largest absolute Gasteiger partial charge is 0.423 e. The molecular weight excluding hydrogens is 430 g/mol. The van der Waals surface area contributed by atoms with Crippen molar-refractivity contribution in [2.75, 3.05) is 43.4 Å². The maximum Gasteiger partial charge on any atom is 0.304 e. The quantitative estimate of drug-likeness (QED) is 0.676. The highest BCUT2D eigenvalue weighted by Crippen LogP contribution is 2.36. The number of hydrogen-bond donors (Lipinski definition) is 2. The summed E-state index contributed by atoms with van der Waals surface area (Å²) in [5.74, 6) is 4.03. The lowest BCUT2D eigenvalue weighted by Crippen LogP contribution is -2.44. The van der Waals surface area contributed by atoms with Gasteiger partial charge < -0.3 is 24.8 Å². The number of nitrogens with zero attached hydrogens (tertiary/aromatic N) is 5. The molecule has 1 amide bonds. The van der Waals surface area contributed by atoms with Gasteiger partial charge >= 0.3 is 6.02 Å². The minimum absolute atomic E-state index is 0.169. The zero-order valence-corrected chi connectivity index (χ0v) is 21.0. The summed E-state index contributed by atoms with van der Waals surface area (Å²) < 4.78 is 8.08. The maximum atomic E-state index is 11.5. The molecule has 0 unspecified atom stereocenters. The summed E-state index contributed by atoms with van der Waals surface area (Å²) in [6.45, 7) is 15.0. The number of nitrogens with one attached hydrogen (secondary N) is 2. The van der Waals surface area contributed by atoms with E-state index in [2.05, 4.69) is 39.4 Å². The first kappa shape index (κ1) is 26.5. The van der Waals surface area contributed by atoms with Gasteiger partial charge in [-0.25, -0.2) is 0 Å². The van der Waals surface area contributed by atoms with Crippen molar-refractivity contribution in [2.24, 2.45) is 12.0 Å². The number of piperazine rings is 1. The van der Waals surface area contributed by atoms with Gasteiger partial charge in [-0.1, -0.05) is 32.6 Å². The number of hydrogen-bond acceptors (Lipinski definition) is 7. The van der Waals surface area contributed by atoms with E-state index in [1.807, 2.05) is 44.6 Å². The average molecular weight is 466 g/mol. The molecule has 9 heteroatoms. The molecule has 2 N–H and O–H groups in total. The summed E-state index contributed by atoms with van der Waals surface area (Å²) in [5, 5.41) is 6.12. The molecule has 34 heavy (non-hydrogen) atoms. The fourth-order valence-electron chi connectivity index (χ4n) is 3.50. The van der Waals surface area contributed by atoms with Crippen molar-refractivity contribution in [1.29, 1.82) is 0 Å². The van der Waals surface area contributed by atoms with Crippen molar-refractivity contribution in [3.8, 4) is 18.1 Å². The number of aromatic nitrogens is 2. The summed E-state index contributed by atoms with van der Waals surface area (Å²) in [7, 11) is 3.83. The van der Waals surface area contributed by atoms with E-state index in [0.717, 1.165) is 43.5 Å². The van der Waals surface area contributed by atoms with Gasteiger partial charge in [-0.05, 0) is 19.1 Å². The topological polar surface area (TPSA) is 87.0 Å². The van der Waals surface area contributed by atoms with Crippen LogP contribution in [0.25, 0.3) is 5.70 Å². The Balaban J connectivity index is 0.000000758. The smallest absolute Gasteiger partial charge is 0.304 e. The molecule has 3 heterocycles. The molecule has 1 saturated heterocycles. The minimum Gasteiger partial charge on any atom is -0.423 e.